The van der Waals surface area contributed by atoms with Crippen molar-refractivity contribution < 1.29 is 14.3 Å². The first-order valence-electron chi connectivity index (χ1n) is 7.35. The Morgan fingerprint density at radius 1 is 1.38 bits per heavy atom. The SMILES string of the molecule is CCN(CCO)c1ncnc(NNC(=O)c2ccccc2F)c1N. The summed E-state index contributed by atoms with van der Waals surface area (Å²) in [6, 6.07) is 5.61. The highest BCUT2D eigenvalue weighted by atomic mass is 19.1. The fourth-order valence-corrected chi connectivity index (χ4v) is 2.10. The van der Waals surface area contributed by atoms with Crippen molar-refractivity contribution in [2.75, 3.05) is 35.8 Å². The highest BCUT2D eigenvalue weighted by Gasteiger charge is 2.15. The first-order chi connectivity index (χ1) is 11.6. The molecule has 2 aromatic rings. The molecule has 0 saturated carbocycles. The molecule has 0 fully saturated rings. The molecular formula is C15H19FN6O2. The number of nitrogens with one attached hydrogen (secondary N) is 2. The van der Waals surface area contributed by atoms with E-state index in [1.54, 1.807) is 11.0 Å². The van der Waals surface area contributed by atoms with Crippen molar-refractivity contribution in [3.8, 4) is 0 Å². The van der Waals surface area contributed by atoms with E-state index in [1.807, 2.05) is 6.92 Å². The standard InChI is InChI=1S/C15H19FN6O2/c1-2-22(7-8-23)14-12(17)13(18-9-19-14)20-21-15(24)10-5-3-4-6-11(10)16/h3-6,9,23H,2,7-8,17H2,1H3,(H,21,24)(H,18,19,20). The number of carbonyl (C=O) groups is 1. The summed E-state index contributed by atoms with van der Waals surface area (Å²) in [7, 11) is 0. The summed E-state index contributed by atoms with van der Waals surface area (Å²) in [5.74, 6) is -0.672. The van der Waals surface area contributed by atoms with E-state index in [2.05, 4.69) is 20.8 Å². The summed E-state index contributed by atoms with van der Waals surface area (Å²) in [5.41, 5.74) is 11.0. The van der Waals surface area contributed by atoms with Gasteiger partial charge in [0.15, 0.2) is 11.6 Å². The second-order valence-corrected chi connectivity index (χ2v) is 4.82. The van der Waals surface area contributed by atoms with Gasteiger partial charge in [0.25, 0.3) is 5.91 Å². The van der Waals surface area contributed by atoms with Crippen molar-refractivity contribution in [3.63, 3.8) is 0 Å². The Morgan fingerprint density at radius 2 is 2.12 bits per heavy atom. The summed E-state index contributed by atoms with van der Waals surface area (Å²) < 4.78 is 13.6. The van der Waals surface area contributed by atoms with E-state index in [-0.39, 0.29) is 23.7 Å². The molecule has 0 bridgehead atoms. The highest BCUT2D eigenvalue weighted by molar-refractivity contribution is 5.95. The Balaban J connectivity index is 2.13. The molecule has 5 N–H and O–H groups in total. The number of carbonyl (C=O) groups excluding carboxylic acids is 1. The van der Waals surface area contributed by atoms with Gasteiger partial charge in [0.05, 0.1) is 12.2 Å². The van der Waals surface area contributed by atoms with Crippen molar-refractivity contribution in [1.82, 2.24) is 15.4 Å². The Kier molecular flexibility index (Phi) is 5.85. The minimum Gasteiger partial charge on any atom is -0.395 e. The average molecular weight is 334 g/mol. The van der Waals surface area contributed by atoms with Crippen LogP contribution < -0.4 is 21.5 Å². The average Bonchev–Trinajstić information content (AvgIpc) is 2.59. The lowest BCUT2D eigenvalue weighted by atomic mass is 10.2. The molecule has 24 heavy (non-hydrogen) atoms. The number of hydrogen-bond acceptors (Lipinski definition) is 7. The molecule has 0 aliphatic rings. The zero-order chi connectivity index (χ0) is 17.5. The van der Waals surface area contributed by atoms with Crippen LogP contribution in [0.3, 0.4) is 0 Å². The first kappa shape index (κ1) is 17.4. The molecule has 0 aliphatic heterocycles. The normalized spacial score (nSPS) is 10.3. The molecule has 0 aliphatic carbocycles. The predicted molar refractivity (Wildman–Crippen MR) is 88.9 cm³/mol. The highest BCUT2D eigenvalue weighted by Crippen LogP contribution is 2.25. The third kappa shape index (κ3) is 3.87. The van der Waals surface area contributed by atoms with Gasteiger partial charge in [-0.05, 0) is 19.1 Å². The molecule has 1 heterocycles. The molecule has 8 nitrogen and oxygen atoms in total. The maximum atomic E-state index is 13.6. The van der Waals surface area contributed by atoms with Gasteiger partial charge in [-0.3, -0.25) is 15.6 Å². The van der Waals surface area contributed by atoms with Crippen LogP contribution in [-0.2, 0) is 0 Å². The summed E-state index contributed by atoms with van der Waals surface area (Å²) in [6.45, 7) is 2.79. The third-order valence-corrected chi connectivity index (χ3v) is 3.33. The fraction of sp³-hybridized carbons (Fsp3) is 0.267. The summed E-state index contributed by atoms with van der Waals surface area (Å²) in [6.07, 6.45) is 1.28. The van der Waals surface area contributed by atoms with E-state index < -0.39 is 11.7 Å². The number of aliphatic hydroxyl groups excluding tert-OH is 1. The lowest BCUT2D eigenvalue weighted by Crippen LogP contribution is -2.32. The molecule has 0 radical (unpaired) electrons. The Bertz CT molecular complexity index is 712. The number of likely N-dealkylation sites (N-methyl/N-ethyl adjacent to an activating group) is 1. The molecular weight excluding hydrogens is 315 g/mol. The quantitative estimate of drug-likeness (QED) is 0.553. The maximum Gasteiger partial charge on any atom is 0.272 e. The van der Waals surface area contributed by atoms with Crippen LogP contribution in [0.5, 0.6) is 0 Å². The summed E-state index contributed by atoms with van der Waals surface area (Å²) >= 11 is 0. The summed E-state index contributed by atoms with van der Waals surface area (Å²) in [5, 5.41) is 9.08. The molecule has 1 amide bonds. The number of rotatable bonds is 7. The van der Waals surface area contributed by atoms with Gasteiger partial charge >= 0.3 is 0 Å². The predicted octanol–water partition coefficient (Wildman–Crippen LogP) is 0.773. The van der Waals surface area contributed by atoms with Gasteiger partial charge in [0, 0.05) is 13.1 Å². The minimum absolute atomic E-state index is 0.0515. The molecule has 1 aromatic carbocycles. The smallest absolute Gasteiger partial charge is 0.272 e. The van der Waals surface area contributed by atoms with Gasteiger partial charge in [0.2, 0.25) is 0 Å². The van der Waals surface area contributed by atoms with Crippen LogP contribution in [0.1, 0.15) is 17.3 Å². The molecule has 0 atom stereocenters. The van der Waals surface area contributed by atoms with Gasteiger partial charge in [-0.15, -0.1) is 0 Å². The van der Waals surface area contributed by atoms with Crippen molar-refractivity contribution in [2.24, 2.45) is 0 Å². The van der Waals surface area contributed by atoms with E-state index in [4.69, 9.17) is 10.8 Å². The molecule has 1 aromatic heterocycles. The number of amides is 1. The van der Waals surface area contributed by atoms with Crippen LogP contribution in [0.2, 0.25) is 0 Å². The van der Waals surface area contributed by atoms with E-state index >= 15 is 0 Å². The van der Waals surface area contributed by atoms with Crippen molar-refractivity contribution in [2.45, 2.75) is 6.92 Å². The van der Waals surface area contributed by atoms with Gasteiger partial charge in [-0.25, -0.2) is 14.4 Å². The number of anilines is 3. The lowest BCUT2D eigenvalue weighted by Gasteiger charge is -2.23. The molecule has 2 rings (SSSR count). The van der Waals surface area contributed by atoms with Gasteiger partial charge in [-0.2, -0.15) is 0 Å². The monoisotopic (exact) mass is 334 g/mol. The zero-order valence-electron chi connectivity index (χ0n) is 13.2. The fourth-order valence-electron chi connectivity index (χ4n) is 2.10. The Morgan fingerprint density at radius 3 is 2.79 bits per heavy atom. The van der Waals surface area contributed by atoms with E-state index in [1.165, 1.54) is 24.5 Å². The number of benzene rings is 1. The third-order valence-electron chi connectivity index (χ3n) is 3.33. The number of halogens is 1. The maximum absolute atomic E-state index is 13.6. The van der Waals surface area contributed by atoms with Gasteiger partial charge < -0.3 is 15.7 Å². The number of aliphatic hydroxyl groups is 1. The van der Waals surface area contributed by atoms with E-state index in [0.717, 1.165) is 0 Å². The van der Waals surface area contributed by atoms with Crippen LogP contribution in [0.25, 0.3) is 0 Å². The Hall–Kier alpha value is -2.94. The van der Waals surface area contributed by atoms with Crippen molar-refractivity contribution in [1.29, 1.82) is 0 Å². The van der Waals surface area contributed by atoms with Crippen LogP contribution in [0.4, 0.5) is 21.7 Å². The number of nitrogens with zero attached hydrogens (tertiary/aromatic N) is 3. The molecule has 0 spiro atoms. The van der Waals surface area contributed by atoms with Crippen LogP contribution in [0.15, 0.2) is 30.6 Å². The van der Waals surface area contributed by atoms with E-state index in [0.29, 0.717) is 18.9 Å². The molecule has 128 valence electrons. The summed E-state index contributed by atoms with van der Waals surface area (Å²) in [4.78, 5) is 21.8. The van der Waals surface area contributed by atoms with Gasteiger partial charge in [0.1, 0.15) is 17.8 Å². The number of hydrogen-bond donors (Lipinski definition) is 4. The number of nitrogen functional groups attached to an aromatic ring is 1. The van der Waals surface area contributed by atoms with Crippen LogP contribution in [-0.4, -0.2) is 40.7 Å². The van der Waals surface area contributed by atoms with Crippen LogP contribution >= 0.6 is 0 Å². The molecule has 9 heteroatoms. The number of nitrogens with two attached hydrogens (primary N) is 1. The second-order valence-electron chi connectivity index (χ2n) is 4.82. The number of aromatic nitrogens is 2. The van der Waals surface area contributed by atoms with Crippen LogP contribution in [0, 0.1) is 5.82 Å². The second kappa shape index (κ2) is 8.06. The zero-order valence-corrected chi connectivity index (χ0v) is 13.2. The number of hydrazine groups is 1. The largest absolute Gasteiger partial charge is 0.395 e. The van der Waals surface area contributed by atoms with Crippen molar-refractivity contribution >= 4 is 23.2 Å². The lowest BCUT2D eigenvalue weighted by molar-refractivity contribution is 0.0958. The minimum atomic E-state index is -0.657. The van der Waals surface area contributed by atoms with Crippen molar-refractivity contribution in [3.05, 3.63) is 42.0 Å². The molecule has 0 unspecified atom stereocenters. The topological polar surface area (TPSA) is 116 Å². The van der Waals surface area contributed by atoms with E-state index in [9.17, 15) is 9.18 Å². The molecule has 0 saturated heterocycles. The first-order valence-corrected chi connectivity index (χ1v) is 7.35. The Labute approximate surface area is 138 Å². The van der Waals surface area contributed by atoms with Gasteiger partial charge in [-0.1, -0.05) is 12.1 Å².